The van der Waals surface area contributed by atoms with Crippen LogP contribution < -0.4 is 75.7 Å². The minimum atomic E-state index is -0.934. The monoisotopic (exact) mass is 1780 g/mol. The number of amides is 11. The number of carbonyl (C=O) groups is 18. The van der Waals surface area contributed by atoms with Gasteiger partial charge in [-0.25, -0.2) is 0 Å². The molecule has 121 heavy (non-hydrogen) atoms. The number of aliphatic carboxylic acids is 5. The molecule has 0 spiro atoms. The molecule has 22 N–H and O–H groups in total. The molecule has 42 nitrogen and oxygen atoms in total. The molecule has 0 radical (unpaired) electrons. The lowest BCUT2D eigenvalue weighted by Gasteiger charge is -2.23. The van der Waals surface area contributed by atoms with Crippen molar-refractivity contribution in [2.24, 2.45) is 17.2 Å². The molecule has 0 heterocycles. The lowest BCUT2D eigenvalue weighted by atomic mass is 10.1. The van der Waals surface area contributed by atoms with Crippen LogP contribution in [0.25, 0.3) is 0 Å². The quantitative estimate of drug-likeness (QED) is 0.0135. The SMILES string of the molecule is CC([15NH2])=O.CN(C)C(C=O)CCCCN[13CH]=O.CN(C)C(CCCC[15NH]C([13CH3])=O)C(=O)N[13CH3].COC(=O)CCNC(=O)C(CCC[13CH3])N(C)C.C[15N](C)C(CCCCNC([13CH3])=O)C(=O)N[13CH3].[13CH3]C(=O)O.[13CH3]C(=O)O.[13CH3]CCCC(N[13CH3])C(=O)NCCC(=O)O.[13CH3]NC(CCCCN[13CH]=O)C(=O)NCCC(=O)O.[13CH4].[13CH4].[13CH4].[13CH4].[13CH4].[15NH2][13CH2]CC(=O)O.[15NH2][13CH]=O. The van der Waals surface area contributed by atoms with Crippen LogP contribution in [0.5, 0.6) is 0 Å². The third kappa shape index (κ3) is 137. The fourth-order valence-electron chi connectivity index (χ4n) is 8.46. The highest BCUT2D eigenvalue weighted by Crippen LogP contribution is 2.09. The molecule has 6 unspecified atom stereocenters. The smallest absolute Gasteiger partial charge is 0.307 e. The van der Waals surface area contributed by atoms with Gasteiger partial charge in [-0.15, -0.1) is 0 Å². The Hall–Kier alpha value is -9.62. The third-order valence-electron chi connectivity index (χ3n) is 14.4. The third-order valence-corrected chi connectivity index (χ3v) is 14.4. The summed E-state index contributed by atoms with van der Waals surface area (Å²) in [5.41, 5.74) is 13.5. The molecule has 6 atom stereocenters. The zero-order valence-corrected chi connectivity index (χ0v) is 73.0. The topological polar surface area (TPSA) is 641 Å². The number of nitrogens with zero attached hydrogens (tertiary/aromatic N) is 4. The zero-order valence-electron chi connectivity index (χ0n) is 73.0. The highest BCUT2D eigenvalue weighted by Gasteiger charge is 2.22. The fourth-order valence-corrected chi connectivity index (χ4v) is 8.46. The molecule has 722 valence electrons. The van der Waals surface area contributed by atoms with Crippen molar-refractivity contribution >= 4 is 109 Å². The second kappa shape index (κ2) is 112. The molecule has 0 aliphatic heterocycles. The van der Waals surface area contributed by atoms with E-state index in [9.17, 15) is 71.9 Å². The van der Waals surface area contributed by atoms with Crippen molar-refractivity contribution in [3.8, 4) is 0 Å². The average Bonchev–Trinajstić information content (AvgIpc) is 0.930. The van der Waals surface area contributed by atoms with Gasteiger partial charge < -0.3 is 116 Å². The minimum absolute atomic E-state index is 0. The maximum absolute atomic E-state index is 11.9. The van der Waals surface area contributed by atoms with E-state index in [1.807, 2.05) is 76.0 Å². The van der Waals surface area contributed by atoms with Crippen molar-refractivity contribution in [1.82, 2.24) is 78.1 Å². The van der Waals surface area contributed by atoms with E-state index >= 15 is 0 Å². The Morgan fingerprint density at radius 2 is 0.661 bits per heavy atom. The number of primary amides is 2. The summed E-state index contributed by atoms with van der Waals surface area (Å²) in [5.74, 6) is -5.22. The number of carboxylic acids is 5. The number of nitrogens with two attached hydrogens (primary N) is 3. The molecule has 0 bridgehead atoms. The maximum Gasteiger partial charge on any atom is 0.307 e. The number of hydrogen-bond donors (Lipinski definition) is 19. The second-order valence-electron chi connectivity index (χ2n) is 25.6. The fraction of sp³-hybridized carbons (Fsp3) is 0.772. The van der Waals surface area contributed by atoms with Gasteiger partial charge in [0.25, 0.3) is 11.9 Å². The van der Waals surface area contributed by atoms with Gasteiger partial charge in [0.1, 0.15) is 6.29 Å². The Morgan fingerprint density at radius 1 is 0.388 bits per heavy atom. The van der Waals surface area contributed by atoms with Gasteiger partial charge >= 0.3 is 23.9 Å². The van der Waals surface area contributed by atoms with Crippen molar-refractivity contribution in [3.05, 3.63) is 0 Å². The van der Waals surface area contributed by atoms with E-state index in [1.165, 1.54) is 27.9 Å². The number of methoxy groups -OCH3 is 1. The first kappa shape index (κ1) is 149. The molecule has 0 aromatic carbocycles. The van der Waals surface area contributed by atoms with Gasteiger partial charge in [0.05, 0.1) is 69.0 Å². The van der Waals surface area contributed by atoms with E-state index in [0.717, 1.165) is 129 Å². The molecule has 42 heteroatoms. The number of nitrogens with one attached hydrogen (secondary N) is 11. The number of ether oxygens (including phenoxy) is 1. The van der Waals surface area contributed by atoms with Gasteiger partial charge in [0.2, 0.25) is 66.5 Å². The molecule has 0 aromatic heterocycles. The predicted octanol–water partition coefficient (Wildman–Crippen LogP) is 1.57. The predicted molar refractivity (Wildman–Crippen MR) is 477 cm³/mol. The molecule has 0 saturated carbocycles. The van der Waals surface area contributed by atoms with Crippen molar-refractivity contribution in [3.63, 3.8) is 0 Å². The molecule has 0 aliphatic carbocycles. The van der Waals surface area contributed by atoms with E-state index < -0.39 is 29.8 Å². The number of carbonyl (C=O) groups excluding carboxylic acids is 13. The molecule has 0 fully saturated rings. The first-order valence-corrected chi connectivity index (χ1v) is 38.1. The molecular weight excluding hydrogens is 1610 g/mol. The minimum Gasteiger partial charge on any atom is -0.481 e. The number of esters is 1. The summed E-state index contributed by atoms with van der Waals surface area (Å²) < 4.78 is 4.50. The van der Waals surface area contributed by atoms with Gasteiger partial charge in [0, 0.05) is 101 Å². The van der Waals surface area contributed by atoms with Crippen molar-refractivity contribution < 1.29 is 117 Å². The van der Waals surface area contributed by atoms with Crippen LogP contribution in [0.1, 0.15) is 227 Å². The Kier molecular flexibility index (Phi) is 139. The lowest BCUT2D eigenvalue weighted by Crippen LogP contribution is -2.44. The molecule has 11 amide bonds. The summed E-state index contributed by atoms with van der Waals surface area (Å²) in [7, 11) is 23.2. The van der Waals surface area contributed by atoms with Crippen LogP contribution in [-0.2, 0) is 91.0 Å². The molecule has 0 aliphatic rings. The largest absolute Gasteiger partial charge is 0.481 e. The van der Waals surface area contributed by atoms with Gasteiger partial charge in [-0.05, 0) is 160 Å². The first-order chi connectivity index (χ1) is 54.3. The highest BCUT2D eigenvalue weighted by atomic mass is 16.5. The second-order valence-corrected chi connectivity index (χ2v) is 25.6. The summed E-state index contributed by atoms with van der Waals surface area (Å²) in [4.78, 5) is 194. The van der Waals surface area contributed by atoms with E-state index in [0.29, 0.717) is 52.0 Å². The highest BCUT2D eigenvalue weighted by molar-refractivity contribution is 5.84. The van der Waals surface area contributed by atoms with Crippen LogP contribution in [0, 0.1) is 0 Å². The first-order valence-electron chi connectivity index (χ1n) is 38.1. The van der Waals surface area contributed by atoms with Crippen LogP contribution in [0.3, 0.4) is 0 Å². The average molecular weight is 1780 g/mol. The van der Waals surface area contributed by atoms with E-state index in [2.05, 4.69) is 88.5 Å². The Morgan fingerprint density at radius 3 is 0.909 bits per heavy atom. The molecular formula is C79H172N18O24. The van der Waals surface area contributed by atoms with Crippen LogP contribution in [0.4, 0.5) is 0 Å². The standard InChI is InChI=1S/C12H24N2O3.C11H21N3O4.2C11H23N3O2.C10H20N2O3.C9H18N2O2.C3H7NO2.C2H5NO.2C2H4O2.CH3NO.5CH4/c1-5-6-7-10(14(2)3)12(16)13-9-8-11(15)17-4;1-12-9(4-2-3-6-13-8-15)11(18)14-7-5-10(16)17;2*1-9(15)13-8-6-5-7-10(14(3)4)11(16)12-2;1-3-4-5-8(11-2)10(15)12-7-6-9(13)14;1-11(2)9(7-12)5-3-4-6-10-8-13;4-2-1-3(5)6;3*1-2(3)4;2-1-3;;;;;/h10H,5-9H2,1-4H3,(H,13,16);8-9,12H,2-7H2,1H3,(H,13,15)(H,14,18)(H,16,17);2*10H,5-8H2,1-4H3,(H,12,16)(H,13,15);8,11H,3-7H2,1-2H3,(H,12,15)(H,13,14);7-9H,3-6H2,1-2H3,(H,10,13);1-2,4H2,(H,5,6);1H3,(H2,3,4);2*1H3,(H,3,4);1H,(H2,2,3);5*1H4/i1+1;1+1,8+1;1+1,2+1,14+1;1+1,2+1,13+1;1+1,2+1;8+1;2+1,4+1;3+1;2*1+1;1+1,2+1;5*1+1. The number of aldehydes is 1. The van der Waals surface area contributed by atoms with Crippen molar-refractivity contribution in [2.45, 2.75) is 263 Å². The van der Waals surface area contributed by atoms with Gasteiger partial charge in [0.15, 0.2) is 0 Å². The van der Waals surface area contributed by atoms with Crippen molar-refractivity contribution in [1.29, 1.82) is 0 Å². The Bertz CT molecular complexity index is 2480. The van der Waals surface area contributed by atoms with Gasteiger partial charge in [-0.1, -0.05) is 76.7 Å². The van der Waals surface area contributed by atoms with Gasteiger partial charge in [-0.3, -0.25) is 96.2 Å². The van der Waals surface area contributed by atoms with Crippen molar-refractivity contribution in [2.75, 3.05) is 144 Å². The van der Waals surface area contributed by atoms with E-state index in [1.54, 1.807) is 28.2 Å². The number of rotatable bonds is 51. The lowest BCUT2D eigenvalue weighted by molar-refractivity contribution is -0.141. The number of unbranched alkanes of at least 4 members (excludes halogenated alkanes) is 6. The molecule has 0 aromatic rings. The Labute approximate surface area is 724 Å². The van der Waals surface area contributed by atoms with E-state index in [-0.39, 0.29) is 178 Å². The van der Waals surface area contributed by atoms with Crippen LogP contribution in [0.2, 0.25) is 0 Å². The summed E-state index contributed by atoms with van der Waals surface area (Å²) in [6.07, 6.45) is 18.8. The number of likely N-dealkylation sites (N-methyl/N-ethyl adjacent to an activating group) is 8. The summed E-state index contributed by atoms with van der Waals surface area (Å²) in [6, 6.07) is -0.803. The van der Waals surface area contributed by atoms with Crippen LogP contribution in [-0.4, -0.2) is 334 Å². The zero-order chi connectivity index (χ0) is 92.4. The summed E-state index contributed by atoms with van der Waals surface area (Å²) in [6.45, 7) is 14.2. The Balaban J connectivity index is -0.0000000739. The number of hydrogen-bond acceptors (Lipinski definition) is 26. The summed E-state index contributed by atoms with van der Waals surface area (Å²) >= 11 is 0. The maximum atomic E-state index is 11.9. The molecule has 0 saturated heterocycles. The van der Waals surface area contributed by atoms with E-state index in [4.69, 9.17) is 45.6 Å². The normalized spacial score (nSPS) is 10.7. The molecule has 0 rings (SSSR count). The van der Waals surface area contributed by atoms with Gasteiger partial charge in [-0.2, -0.15) is 0 Å². The summed E-state index contributed by atoms with van der Waals surface area (Å²) in [5, 5.41) is 69.1. The van der Waals surface area contributed by atoms with Crippen LogP contribution >= 0.6 is 0 Å². The van der Waals surface area contributed by atoms with Crippen LogP contribution in [0.15, 0.2) is 0 Å². The number of carboxylic acid groups (broad SMARTS) is 5.